The van der Waals surface area contributed by atoms with Gasteiger partial charge in [0.2, 0.25) is 0 Å². The average molecular weight is 293 g/mol. The Balaban J connectivity index is 2.04. The van der Waals surface area contributed by atoms with Crippen LogP contribution < -0.4 is 9.47 Å². The van der Waals surface area contributed by atoms with E-state index < -0.39 is 0 Å². The molecule has 17 heavy (non-hydrogen) atoms. The number of ether oxygens (including phenoxy) is 2. The lowest BCUT2D eigenvalue weighted by molar-refractivity contribution is 0.303. The fourth-order valence-corrected chi connectivity index (χ4v) is 1.93. The normalized spacial score (nSPS) is 10.0. The first kappa shape index (κ1) is 12.0. The van der Waals surface area contributed by atoms with Crippen LogP contribution in [0.5, 0.6) is 11.5 Å². The fourth-order valence-electron chi connectivity index (χ4n) is 1.46. The smallest absolute Gasteiger partial charge is 0.134 e. The standard InChI is InChI=1S/C14H13BrO2/c1-16-12-7-8-14(13(15)9-12)17-10-11-5-3-2-4-6-11/h2-9H,10H2,1H3. The van der Waals surface area contributed by atoms with Gasteiger partial charge < -0.3 is 9.47 Å². The molecule has 2 nitrogen and oxygen atoms in total. The molecular formula is C14H13BrO2. The molecule has 0 fully saturated rings. The average Bonchev–Trinajstić information content (AvgIpc) is 2.38. The number of methoxy groups -OCH3 is 1. The predicted molar refractivity (Wildman–Crippen MR) is 71.5 cm³/mol. The lowest BCUT2D eigenvalue weighted by atomic mass is 10.2. The van der Waals surface area contributed by atoms with Crippen molar-refractivity contribution >= 4 is 15.9 Å². The number of halogens is 1. The Hall–Kier alpha value is -1.48. The second-order valence-electron chi connectivity index (χ2n) is 3.57. The van der Waals surface area contributed by atoms with Crippen LogP contribution in [0.25, 0.3) is 0 Å². The van der Waals surface area contributed by atoms with Crippen LogP contribution in [0.4, 0.5) is 0 Å². The molecule has 88 valence electrons. The van der Waals surface area contributed by atoms with Crippen molar-refractivity contribution in [2.45, 2.75) is 6.61 Å². The third kappa shape index (κ3) is 3.24. The number of benzene rings is 2. The molecule has 0 spiro atoms. The third-order valence-electron chi connectivity index (χ3n) is 2.38. The van der Waals surface area contributed by atoms with E-state index in [0.29, 0.717) is 6.61 Å². The van der Waals surface area contributed by atoms with Crippen molar-refractivity contribution in [3.8, 4) is 11.5 Å². The molecule has 0 heterocycles. The summed E-state index contributed by atoms with van der Waals surface area (Å²) >= 11 is 3.46. The maximum Gasteiger partial charge on any atom is 0.134 e. The van der Waals surface area contributed by atoms with Gasteiger partial charge in [-0.05, 0) is 39.7 Å². The van der Waals surface area contributed by atoms with Gasteiger partial charge in [-0.15, -0.1) is 0 Å². The highest BCUT2D eigenvalue weighted by atomic mass is 79.9. The van der Waals surface area contributed by atoms with E-state index in [2.05, 4.69) is 15.9 Å². The Morgan fingerprint density at radius 1 is 1.06 bits per heavy atom. The molecule has 0 saturated heterocycles. The minimum absolute atomic E-state index is 0.561. The van der Waals surface area contributed by atoms with E-state index in [0.717, 1.165) is 21.5 Å². The van der Waals surface area contributed by atoms with Crippen LogP contribution in [0.15, 0.2) is 53.0 Å². The van der Waals surface area contributed by atoms with Crippen LogP contribution in [0.3, 0.4) is 0 Å². The van der Waals surface area contributed by atoms with Crippen molar-refractivity contribution in [2.75, 3.05) is 7.11 Å². The Morgan fingerprint density at radius 3 is 2.47 bits per heavy atom. The van der Waals surface area contributed by atoms with E-state index in [1.165, 1.54) is 0 Å². The first-order valence-electron chi connectivity index (χ1n) is 5.30. The van der Waals surface area contributed by atoms with Gasteiger partial charge in [-0.3, -0.25) is 0 Å². The molecule has 2 rings (SSSR count). The maximum absolute atomic E-state index is 5.72. The second kappa shape index (κ2) is 5.73. The predicted octanol–water partition coefficient (Wildman–Crippen LogP) is 4.04. The lowest BCUT2D eigenvalue weighted by Crippen LogP contribution is -1.95. The van der Waals surface area contributed by atoms with Crippen molar-refractivity contribution in [2.24, 2.45) is 0 Å². The van der Waals surface area contributed by atoms with Crippen molar-refractivity contribution in [1.82, 2.24) is 0 Å². The van der Waals surface area contributed by atoms with Gasteiger partial charge in [0, 0.05) is 0 Å². The third-order valence-corrected chi connectivity index (χ3v) is 3.00. The molecule has 0 radical (unpaired) electrons. The zero-order chi connectivity index (χ0) is 12.1. The molecule has 3 heteroatoms. The topological polar surface area (TPSA) is 18.5 Å². The largest absolute Gasteiger partial charge is 0.497 e. The summed E-state index contributed by atoms with van der Waals surface area (Å²) in [7, 11) is 1.65. The molecule has 2 aromatic rings. The van der Waals surface area contributed by atoms with Crippen molar-refractivity contribution in [3.05, 3.63) is 58.6 Å². The molecule has 0 aliphatic carbocycles. The maximum atomic E-state index is 5.72. The fraction of sp³-hybridized carbons (Fsp3) is 0.143. The zero-order valence-corrected chi connectivity index (χ0v) is 11.1. The van der Waals surface area contributed by atoms with E-state index in [4.69, 9.17) is 9.47 Å². The number of hydrogen-bond donors (Lipinski definition) is 0. The van der Waals surface area contributed by atoms with Crippen LogP contribution in [0.2, 0.25) is 0 Å². The van der Waals surface area contributed by atoms with Crippen molar-refractivity contribution < 1.29 is 9.47 Å². The summed E-state index contributed by atoms with van der Waals surface area (Å²) in [5.41, 5.74) is 1.15. The summed E-state index contributed by atoms with van der Waals surface area (Å²) < 4.78 is 11.7. The second-order valence-corrected chi connectivity index (χ2v) is 4.42. The Bertz CT molecular complexity index is 483. The molecule has 0 amide bonds. The monoisotopic (exact) mass is 292 g/mol. The summed E-state index contributed by atoms with van der Waals surface area (Å²) in [5.74, 6) is 1.62. The van der Waals surface area contributed by atoms with Gasteiger partial charge in [0.15, 0.2) is 0 Å². The van der Waals surface area contributed by atoms with Gasteiger partial charge in [-0.25, -0.2) is 0 Å². The molecule has 0 aromatic heterocycles. The Kier molecular flexibility index (Phi) is 4.04. The number of hydrogen-bond acceptors (Lipinski definition) is 2. The van der Waals surface area contributed by atoms with E-state index in [9.17, 15) is 0 Å². The molecule has 0 saturated carbocycles. The van der Waals surface area contributed by atoms with Gasteiger partial charge in [0.05, 0.1) is 11.6 Å². The van der Waals surface area contributed by atoms with Crippen LogP contribution in [-0.2, 0) is 6.61 Å². The van der Waals surface area contributed by atoms with E-state index in [1.54, 1.807) is 7.11 Å². The van der Waals surface area contributed by atoms with E-state index >= 15 is 0 Å². The first-order valence-corrected chi connectivity index (χ1v) is 6.09. The molecular weight excluding hydrogens is 280 g/mol. The van der Waals surface area contributed by atoms with Crippen LogP contribution >= 0.6 is 15.9 Å². The van der Waals surface area contributed by atoms with Crippen molar-refractivity contribution in [3.63, 3.8) is 0 Å². The van der Waals surface area contributed by atoms with E-state index in [1.807, 2.05) is 48.5 Å². The summed E-state index contributed by atoms with van der Waals surface area (Å²) in [6.45, 7) is 0.561. The molecule has 2 aromatic carbocycles. The molecule has 0 N–H and O–H groups in total. The highest BCUT2D eigenvalue weighted by Gasteiger charge is 2.03. The quantitative estimate of drug-likeness (QED) is 0.847. The molecule has 0 aliphatic heterocycles. The molecule has 0 aliphatic rings. The summed E-state index contributed by atoms with van der Waals surface area (Å²) in [6, 6.07) is 15.7. The highest BCUT2D eigenvalue weighted by Crippen LogP contribution is 2.29. The molecule has 0 bridgehead atoms. The van der Waals surface area contributed by atoms with Gasteiger partial charge in [-0.2, -0.15) is 0 Å². The van der Waals surface area contributed by atoms with Gasteiger partial charge >= 0.3 is 0 Å². The summed E-state index contributed by atoms with van der Waals surface area (Å²) in [6.07, 6.45) is 0. The number of rotatable bonds is 4. The first-order chi connectivity index (χ1) is 8.29. The van der Waals surface area contributed by atoms with Crippen molar-refractivity contribution in [1.29, 1.82) is 0 Å². The van der Waals surface area contributed by atoms with Gasteiger partial charge in [0.1, 0.15) is 18.1 Å². The summed E-state index contributed by atoms with van der Waals surface area (Å²) in [4.78, 5) is 0. The SMILES string of the molecule is COc1ccc(OCc2ccccc2)c(Br)c1. The Morgan fingerprint density at radius 2 is 1.82 bits per heavy atom. The minimum Gasteiger partial charge on any atom is -0.497 e. The Labute approximate surface area is 109 Å². The lowest BCUT2D eigenvalue weighted by Gasteiger charge is -2.09. The van der Waals surface area contributed by atoms with Gasteiger partial charge in [-0.1, -0.05) is 30.3 Å². The van der Waals surface area contributed by atoms with Crippen LogP contribution in [-0.4, -0.2) is 7.11 Å². The zero-order valence-electron chi connectivity index (χ0n) is 9.52. The molecule has 0 atom stereocenters. The molecule has 0 unspecified atom stereocenters. The van der Waals surface area contributed by atoms with E-state index in [-0.39, 0.29) is 0 Å². The highest BCUT2D eigenvalue weighted by molar-refractivity contribution is 9.10. The minimum atomic E-state index is 0.561. The van der Waals surface area contributed by atoms with Gasteiger partial charge in [0.25, 0.3) is 0 Å². The van der Waals surface area contributed by atoms with Crippen LogP contribution in [0, 0.1) is 0 Å². The summed E-state index contributed by atoms with van der Waals surface area (Å²) in [5, 5.41) is 0. The van der Waals surface area contributed by atoms with Crippen LogP contribution in [0.1, 0.15) is 5.56 Å².